The summed E-state index contributed by atoms with van der Waals surface area (Å²) in [6, 6.07) is 0. The first kappa shape index (κ1) is 17.9. The van der Waals surface area contributed by atoms with Crippen LogP contribution in [0.4, 0.5) is 13.2 Å². The zero-order valence-corrected chi connectivity index (χ0v) is 14.3. The largest absolute Gasteiger partial charge is 0.412 e. The number of allylic oxidation sites excluding steroid dienone is 1. The fraction of sp³-hybridized carbons (Fsp3) is 0.824. The Kier molecular flexibility index (Phi) is 4.13. The molecule has 1 saturated carbocycles. The number of alkyl halides is 3. The number of ether oxygens (including phenoxy) is 3. The molecule has 136 valence electrons. The van der Waals surface area contributed by atoms with Gasteiger partial charge in [0.15, 0.2) is 5.78 Å². The number of methoxy groups -OCH3 is 1. The lowest BCUT2D eigenvalue weighted by Gasteiger charge is -2.40. The van der Waals surface area contributed by atoms with Gasteiger partial charge in [0.1, 0.15) is 17.3 Å². The van der Waals surface area contributed by atoms with Gasteiger partial charge in [0, 0.05) is 18.6 Å². The Hall–Kier alpha value is -0.920. The van der Waals surface area contributed by atoms with E-state index in [1.165, 1.54) is 7.11 Å². The molecule has 0 N–H and O–H groups in total. The van der Waals surface area contributed by atoms with Crippen LogP contribution in [0.5, 0.6) is 0 Å². The van der Waals surface area contributed by atoms with Crippen LogP contribution in [0, 0.1) is 11.8 Å². The molecular weight excluding hydrogens is 325 g/mol. The normalized spacial score (nSPS) is 45.6. The molecule has 3 fully saturated rings. The van der Waals surface area contributed by atoms with Crippen molar-refractivity contribution < 1.29 is 32.2 Å². The van der Waals surface area contributed by atoms with Gasteiger partial charge >= 0.3 is 6.18 Å². The van der Waals surface area contributed by atoms with E-state index in [9.17, 15) is 18.0 Å². The molecule has 0 aromatic carbocycles. The number of carbonyl (C=O) groups excluding carboxylic acids is 1. The van der Waals surface area contributed by atoms with E-state index < -0.39 is 29.1 Å². The molecule has 3 rings (SSSR count). The number of halogens is 3. The van der Waals surface area contributed by atoms with E-state index in [2.05, 4.69) is 0 Å². The number of hydrogen-bond donors (Lipinski definition) is 0. The maximum absolute atomic E-state index is 12.6. The third kappa shape index (κ3) is 2.80. The van der Waals surface area contributed by atoms with Crippen molar-refractivity contribution in [2.75, 3.05) is 13.7 Å². The van der Waals surface area contributed by atoms with Gasteiger partial charge in [-0.25, -0.2) is 0 Å². The highest BCUT2D eigenvalue weighted by Gasteiger charge is 2.72. The SMILES string of the molecule is CO[C@@H]1C(=O)[C@H](C)C[C@]2(CO2)[C@H]1[C@]1(C)O[C@@H]1C/C=C(\C)C(F)(F)F. The first-order valence-corrected chi connectivity index (χ1v) is 8.17. The fourth-order valence-electron chi connectivity index (χ4n) is 4.16. The van der Waals surface area contributed by atoms with E-state index in [-0.39, 0.29) is 30.1 Å². The van der Waals surface area contributed by atoms with Crippen molar-refractivity contribution in [2.45, 2.75) is 63.2 Å². The van der Waals surface area contributed by atoms with Crippen LogP contribution in [0.3, 0.4) is 0 Å². The standard InChI is InChI=1S/C17H23F3O4/c1-9-7-16(8-23-16)14(13(22-4)12(9)21)15(3)11(24-15)6-5-10(2)17(18,19)20/h5,9,11,13-14H,6-8H2,1-4H3/b10-5+/t9-,11-,13-,14-,15-,16+/m1/s1. The van der Waals surface area contributed by atoms with Crippen molar-refractivity contribution in [3.63, 3.8) is 0 Å². The molecule has 1 spiro atoms. The average Bonchev–Trinajstić information content (AvgIpc) is 3.38. The summed E-state index contributed by atoms with van der Waals surface area (Å²) in [6.45, 7) is 5.29. The predicted molar refractivity (Wildman–Crippen MR) is 79.5 cm³/mol. The zero-order valence-electron chi connectivity index (χ0n) is 14.3. The Morgan fingerprint density at radius 1 is 1.46 bits per heavy atom. The predicted octanol–water partition coefficient (Wildman–Crippen LogP) is 3.05. The summed E-state index contributed by atoms with van der Waals surface area (Å²) in [7, 11) is 1.48. The lowest BCUT2D eigenvalue weighted by molar-refractivity contribution is -0.148. The molecule has 24 heavy (non-hydrogen) atoms. The number of epoxide rings is 2. The van der Waals surface area contributed by atoms with Gasteiger partial charge in [0.05, 0.1) is 18.6 Å². The van der Waals surface area contributed by atoms with Crippen LogP contribution in [0.2, 0.25) is 0 Å². The van der Waals surface area contributed by atoms with Crippen molar-refractivity contribution in [1.82, 2.24) is 0 Å². The van der Waals surface area contributed by atoms with E-state index in [1.54, 1.807) is 0 Å². The number of carbonyl (C=O) groups is 1. The zero-order chi connectivity index (χ0) is 17.9. The second-order valence-corrected chi connectivity index (χ2v) is 7.41. The molecular formula is C17H23F3O4. The fourth-order valence-corrected chi connectivity index (χ4v) is 4.16. The molecule has 0 amide bonds. The Labute approximate surface area is 139 Å². The van der Waals surface area contributed by atoms with Gasteiger partial charge < -0.3 is 14.2 Å². The van der Waals surface area contributed by atoms with Crippen LogP contribution in [0.15, 0.2) is 11.6 Å². The van der Waals surface area contributed by atoms with Gasteiger partial charge in [-0.15, -0.1) is 0 Å². The van der Waals surface area contributed by atoms with Gasteiger partial charge in [-0.05, 0) is 26.7 Å². The van der Waals surface area contributed by atoms with Crippen LogP contribution in [-0.4, -0.2) is 49.1 Å². The maximum Gasteiger partial charge on any atom is 0.412 e. The van der Waals surface area contributed by atoms with E-state index in [4.69, 9.17) is 14.2 Å². The molecule has 2 aliphatic heterocycles. The highest BCUT2D eigenvalue weighted by molar-refractivity contribution is 5.87. The summed E-state index contributed by atoms with van der Waals surface area (Å²) in [5.41, 5.74) is -1.77. The van der Waals surface area contributed by atoms with E-state index in [0.29, 0.717) is 13.0 Å². The van der Waals surface area contributed by atoms with E-state index in [0.717, 1.165) is 13.0 Å². The van der Waals surface area contributed by atoms with Gasteiger partial charge in [0.2, 0.25) is 0 Å². The first-order valence-electron chi connectivity index (χ1n) is 8.17. The van der Waals surface area contributed by atoms with Crippen LogP contribution in [0.25, 0.3) is 0 Å². The van der Waals surface area contributed by atoms with Crippen molar-refractivity contribution in [3.05, 3.63) is 11.6 Å². The molecule has 0 unspecified atom stereocenters. The van der Waals surface area contributed by atoms with Crippen molar-refractivity contribution in [1.29, 1.82) is 0 Å². The number of ketones is 1. The van der Waals surface area contributed by atoms with E-state index >= 15 is 0 Å². The summed E-state index contributed by atoms with van der Waals surface area (Å²) in [4.78, 5) is 12.5. The number of hydrogen-bond acceptors (Lipinski definition) is 4. The van der Waals surface area contributed by atoms with Crippen LogP contribution >= 0.6 is 0 Å². The molecule has 0 radical (unpaired) electrons. The molecule has 0 aromatic rings. The molecule has 4 nitrogen and oxygen atoms in total. The van der Waals surface area contributed by atoms with Gasteiger partial charge in [-0.2, -0.15) is 13.2 Å². The summed E-state index contributed by atoms with van der Waals surface area (Å²) in [6.07, 6.45) is -3.39. The minimum Gasteiger partial charge on any atom is -0.373 e. The van der Waals surface area contributed by atoms with Crippen molar-refractivity contribution in [2.24, 2.45) is 11.8 Å². The summed E-state index contributed by atoms with van der Waals surface area (Å²) >= 11 is 0. The lowest BCUT2D eigenvalue weighted by atomic mass is 9.66. The third-order valence-electron chi connectivity index (χ3n) is 5.74. The average molecular weight is 348 g/mol. The second kappa shape index (κ2) is 5.54. The Bertz CT molecular complexity index is 567. The molecule has 7 heteroatoms. The molecule has 1 aliphatic carbocycles. The summed E-state index contributed by atoms with van der Waals surface area (Å²) in [5.74, 6) is -0.425. The van der Waals surface area contributed by atoms with Crippen LogP contribution in [-0.2, 0) is 19.0 Å². The lowest BCUT2D eigenvalue weighted by Crippen LogP contribution is -2.55. The Morgan fingerprint density at radius 3 is 2.58 bits per heavy atom. The van der Waals surface area contributed by atoms with Gasteiger partial charge in [-0.3, -0.25) is 4.79 Å². The molecule has 6 atom stereocenters. The number of Topliss-reactive ketones (excluding diaryl/α,β-unsaturated/α-hetero) is 1. The maximum atomic E-state index is 12.6. The Balaban J connectivity index is 1.77. The van der Waals surface area contributed by atoms with Crippen LogP contribution < -0.4 is 0 Å². The minimum absolute atomic E-state index is 0.0149. The molecule has 2 heterocycles. The topological polar surface area (TPSA) is 51.4 Å². The first-order chi connectivity index (χ1) is 11.0. The van der Waals surface area contributed by atoms with Crippen LogP contribution in [0.1, 0.15) is 33.6 Å². The molecule has 0 aromatic heterocycles. The summed E-state index contributed by atoms with van der Waals surface area (Å²) < 4.78 is 54.8. The molecule has 0 bridgehead atoms. The van der Waals surface area contributed by atoms with Crippen molar-refractivity contribution >= 4 is 5.78 Å². The highest BCUT2D eigenvalue weighted by Crippen LogP contribution is 2.59. The van der Waals surface area contributed by atoms with Gasteiger partial charge in [-0.1, -0.05) is 13.0 Å². The molecule has 2 saturated heterocycles. The highest BCUT2D eigenvalue weighted by atomic mass is 19.4. The van der Waals surface area contributed by atoms with E-state index in [1.807, 2.05) is 13.8 Å². The quantitative estimate of drug-likeness (QED) is 0.579. The second-order valence-electron chi connectivity index (χ2n) is 7.41. The summed E-state index contributed by atoms with van der Waals surface area (Å²) in [5, 5.41) is 0. The third-order valence-corrected chi connectivity index (χ3v) is 5.74. The molecule has 3 aliphatic rings. The van der Waals surface area contributed by atoms with Gasteiger partial charge in [0.25, 0.3) is 0 Å². The monoisotopic (exact) mass is 348 g/mol. The minimum atomic E-state index is -4.32. The smallest absolute Gasteiger partial charge is 0.373 e. The van der Waals surface area contributed by atoms with Crippen molar-refractivity contribution in [3.8, 4) is 0 Å². The number of rotatable bonds is 4. The Morgan fingerprint density at radius 2 is 2.08 bits per heavy atom.